The summed E-state index contributed by atoms with van der Waals surface area (Å²) in [4.78, 5) is 10.9. The molecule has 0 fully saturated rings. The molecule has 3 aromatic rings. The van der Waals surface area contributed by atoms with E-state index in [1.165, 1.54) is 6.92 Å². The van der Waals surface area contributed by atoms with Crippen LogP contribution in [0, 0.1) is 11.8 Å². The Labute approximate surface area is 156 Å². The largest absolute Gasteiger partial charge is 0.426 e. The van der Waals surface area contributed by atoms with E-state index in [0.29, 0.717) is 16.6 Å². The van der Waals surface area contributed by atoms with E-state index in [9.17, 15) is 10.0 Å². The molecule has 1 unspecified atom stereocenters. The van der Waals surface area contributed by atoms with Crippen molar-refractivity contribution < 1.29 is 19.2 Å². The third kappa shape index (κ3) is 4.69. The number of carbonyl (C=O) groups is 1. The molecule has 0 aliphatic carbocycles. The first-order valence-corrected chi connectivity index (χ1v) is 8.25. The number of benzene rings is 2. The third-order valence-electron chi connectivity index (χ3n) is 3.76. The Bertz CT molecular complexity index is 969. The Morgan fingerprint density at radius 3 is 2.41 bits per heavy atom. The van der Waals surface area contributed by atoms with Crippen LogP contribution in [0.4, 0.5) is 4.79 Å². The molecule has 6 nitrogen and oxygen atoms in total. The normalized spacial score (nSPS) is 11.2. The van der Waals surface area contributed by atoms with Crippen molar-refractivity contribution in [3.63, 3.8) is 0 Å². The number of nitrogens with zero attached hydrogens (tertiary/aromatic N) is 1. The van der Waals surface area contributed by atoms with Gasteiger partial charge in [0, 0.05) is 6.07 Å². The maximum Gasteiger partial charge on any atom is 0.339 e. The van der Waals surface area contributed by atoms with E-state index >= 15 is 0 Å². The first-order valence-electron chi connectivity index (χ1n) is 8.25. The molecule has 0 saturated carbocycles. The van der Waals surface area contributed by atoms with Crippen LogP contribution in [0.25, 0.3) is 11.1 Å². The van der Waals surface area contributed by atoms with Crippen LogP contribution in [-0.2, 0) is 0 Å². The van der Waals surface area contributed by atoms with Crippen molar-refractivity contribution in [3.8, 4) is 34.7 Å². The van der Waals surface area contributed by atoms with Crippen LogP contribution in [-0.4, -0.2) is 22.3 Å². The summed E-state index contributed by atoms with van der Waals surface area (Å²) in [6, 6.07) is 19.2. The number of nitrogens with two attached hydrogens (primary N) is 1. The van der Waals surface area contributed by atoms with E-state index in [4.69, 9.17) is 14.9 Å². The second-order valence-corrected chi connectivity index (χ2v) is 5.74. The molecule has 0 saturated heterocycles. The summed E-state index contributed by atoms with van der Waals surface area (Å²) in [5.41, 5.74) is 7.19. The van der Waals surface area contributed by atoms with Gasteiger partial charge in [-0.1, -0.05) is 48.4 Å². The Kier molecular flexibility index (Phi) is 5.45. The van der Waals surface area contributed by atoms with Gasteiger partial charge in [0.25, 0.3) is 5.95 Å². The minimum Gasteiger partial charge on any atom is -0.426 e. The fourth-order valence-electron chi connectivity index (χ4n) is 2.33. The summed E-state index contributed by atoms with van der Waals surface area (Å²) >= 11 is 0. The van der Waals surface area contributed by atoms with Crippen molar-refractivity contribution in [2.24, 2.45) is 5.73 Å². The fraction of sp³-hybridized carbons (Fsp3) is 0.0952. The molecular weight excluding hydrogens is 344 g/mol. The lowest BCUT2D eigenvalue weighted by molar-refractivity contribution is -0.0536. The van der Waals surface area contributed by atoms with Crippen molar-refractivity contribution in [1.29, 1.82) is 0 Å². The molecule has 1 atom stereocenters. The predicted molar refractivity (Wildman–Crippen MR) is 100 cm³/mol. The average molecular weight is 362 g/mol. The molecule has 0 aliphatic rings. The zero-order valence-electron chi connectivity index (χ0n) is 14.6. The van der Waals surface area contributed by atoms with E-state index in [0.717, 1.165) is 11.1 Å². The quantitative estimate of drug-likeness (QED) is 0.412. The zero-order chi connectivity index (χ0) is 19.2. The van der Waals surface area contributed by atoms with E-state index < -0.39 is 12.1 Å². The Morgan fingerprint density at radius 2 is 1.74 bits per heavy atom. The smallest absolute Gasteiger partial charge is 0.339 e. The first-order chi connectivity index (χ1) is 13.0. The summed E-state index contributed by atoms with van der Waals surface area (Å²) in [6.45, 7) is 1.53. The molecule has 136 valence electrons. The Hall–Kier alpha value is -3.69. The summed E-state index contributed by atoms with van der Waals surface area (Å²) in [6.07, 6.45) is 0. The molecule has 3 N–H and O–H groups in total. The molecule has 0 radical (unpaired) electrons. The van der Waals surface area contributed by atoms with Crippen molar-refractivity contribution in [2.75, 3.05) is 0 Å². The van der Waals surface area contributed by atoms with Gasteiger partial charge in [-0.05, 0) is 42.2 Å². The number of hydrogen-bond acceptors (Lipinski definition) is 4. The van der Waals surface area contributed by atoms with Crippen LogP contribution in [0.5, 0.6) is 11.7 Å². The molecule has 1 aromatic heterocycles. The maximum absolute atomic E-state index is 10.9. The number of furan rings is 1. The summed E-state index contributed by atoms with van der Waals surface area (Å²) in [5, 5.41) is 9.73. The molecule has 3 rings (SSSR count). The van der Waals surface area contributed by atoms with E-state index in [1.807, 2.05) is 54.6 Å². The van der Waals surface area contributed by atoms with Crippen molar-refractivity contribution in [2.45, 2.75) is 13.0 Å². The molecule has 6 heteroatoms. The second kappa shape index (κ2) is 8.13. The average Bonchev–Trinajstić information content (AvgIpc) is 3.14. The topological polar surface area (TPSA) is 88.9 Å². The minimum absolute atomic E-state index is 0.287. The number of rotatable bonds is 4. The van der Waals surface area contributed by atoms with E-state index in [2.05, 4.69) is 11.8 Å². The van der Waals surface area contributed by atoms with Crippen LogP contribution in [0.15, 0.2) is 71.1 Å². The van der Waals surface area contributed by atoms with Gasteiger partial charge < -0.3 is 14.9 Å². The van der Waals surface area contributed by atoms with Crippen LogP contribution < -0.4 is 10.5 Å². The van der Waals surface area contributed by atoms with Gasteiger partial charge in [0.2, 0.25) is 0 Å². The van der Waals surface area contributed by atoms with Gasteiger partial charge in [0.15, 0.2) is 5.76 Å². The highest BCUT2D eigenvalue weighted by molar-refractivity contribution is 5.71. The number of urea groups is 1. The van der Waals surface area contributed by atoms with Crippen LogP contribution >= 0.6 is 0 Å². The van der Waals surface area contributed by atoms with Gasteiger partial charge in [-0.2, -0.15) is 5.06 Å². The summed E-state index contributed by atoms with van der Waals surface area (Å²) in [7, 11) is 0. The number of primary amides is 1. The van der Waals surface area contributed by atoms with Gasteiger partial charge in [-0.3, -0.25) is 5.21 Å². The maximum atomic E-state index is 10.9. The molecular formula is C21H18N2O4. The van der Waals surface area contributed by atoms with Crippen molar-refractivity contribution in [1.82, 2.24) is 5.06 Å². The standard InChI is InChI=1S/C21H18N2O4/c1-15(23(25)21(22)24)7-10-18-13-14-20(26-18)27-19-11-8-17(9-12-19)16-5-3-2-4-6-16/h2-6,8-9,11-15,25H,1H3,(H2,22,24). The highest BCUT2D eigenvalue weighted by Crippen LogP contribution is 2.26. The number of amides is 2. The Morgan fingerprint density at radius 1 is 1.07 bits per heavy atom. The van der Waals surface area contributed by atoms with Crippen molar-refractivity contribution in [3.05, 3.63) is 72.5 Å². The molecule has 0 spiro atoms. The second-order valence-electron chi connectivity index (χ2n) is 5.74. The molecule has 0 aliphatic heterocycles. The van der Waals surface area contributed by atoms with Gasteiger partial charge in [0.05, 0.1) is 0 Å². The minimum atomic E-state index is -0.973. The monoisotopic (exact) mass is 362 g/mol. The highest BCUT2D eigenvalue weighted by atomic mass is 16.6. The number of hydrogen-bond donors (Lipinski definition) is 2. The van der Waals surface area contributed by atoms with Crippen LogP contribution in [0.1, 0.15) is 12.7 Å². The van der Waals surface area contributed by atoms with Gasteiger partial charge in [0.1, 0.15) is 11.8 Å². The lowest BCUT2D eigenvalue weighted by atomic mass is 10.1. The first kappa shape index (κ1) is 18.1. The zero-order valence-corrected chi connectivity index (χ0v) is 14.6. The number of hydroxylamine groups is 2. The SMILES string of the molecule is CC(C#Cc1ccc(Oc2ccc(-c3ccccc3)cc2)o1)N(O)C(N)=O. The van der Waals surface area contributed by atoms with Gasteiger partial charge >= 0.3 is 6.03 Å². The fourth-order valence-corrected chi connectivity index (χ4v) is 2.33. The number of ether oxygens (including phenoxy) is 1. The van der Waals surface area contributed by atoms with Gasteiger partial charge in [-0.15, -0.1) is 0 Å². The summed E-state index contributed by atoms with van der Waals surface area (Å²) in [5.74, 6) is 6.63. The summed E-state index contributed by atoms with van der Waals surface area (Å²) < 4.78 is 11.2. The third-order valence-corrected chi connectivity index (χ3v) is 3.76. The van der Waals surface area contributed by atoms with E-state index in [-0.39, 0.29) is 5.95 Å². The molecule has 2 aromatic carbocycles. The van der Waals surface area contributed by atoms with Crippen molar-refractivity contribution >= 4 is 6.03 Å². The van der Waals surface area contributed by atoms with Gasteiger partial charge in [-0.25, -0.2) is 4.79 Å². The highest BCUT2D eigenvalue weighted by Gasteiger charge is 2.12. The van der Waals surface area contributed by atoms with Crippen LogP contribution in [0.3, 0.4) is 0 Å². The molecule has 2 amide bonds. The lowest BCUT2D eigenvalue weighted by Crippen LogP contribution is -2.38. The lowest BCUT2D eigenvalue weighted by Gasteiger charge is -2.14. The Balaban J connectivity index is 1.65. The molecule has 27 heavy (non-hydrogen) atoms. The van der Waals surface area contributed by atoms with E-state index in [1.54, 1.807) is 12.1 Å². The molecule has 1 heterocycles. The predicted octanol–water partition coefficient (Wildman–Crippen LogP) is 4.25. The molecule has 0 bridgehead atoms. The van der Waals surface area contributed by atoms with Crippen LogP contribution in [0.2, 0.25) is 0 Å². The number of carbonyl (C=O) groups excluding carboxylic acids is 1.